The van der Waals surface area contributed by atoms with Crippen molar-refractivity contribution < 1.29 is 9.47 Å². The van der Waals surface area contributed by atoms with Gasteiger partial charge in [0.15, 0.2) is 6.29 Å². The molecule has 0 N–H and O–H groups in total. The summed E-state index contributed by atoms with van der Waals surface area (Å²) in [5, 5.41) is 0. The van der Waals surface area contributed by atoms with Gasteiger partial charge in [0.2, 0.25) is 0 Å². The van der Waals surface area contributed by atoms with Gasteiger partial charge >= 0.3 is 0 Å². The van der Waals surface area contributed by atoms with E-state index >= 15 is 0 Å². The predicted molar refractivity (Wildman–Crippen MR) is 82.4 cm³/mol. The maximum atomic E-state index is 5.98. The van der Waals surface area contributed by atoms with E-state index in [2.05, 4.69) is 49.4 Å². The van der Waals surface area contributed by atoms with E-state index in [-0.39, 0.29) is 17.8 Å². The second-order valence-corrected chi connectivity index (χ2v) is 5.71. The molecule has 2 unspecified atom stereocenters. The van der Waals surface area contributed by atoms with Gasteiger partial charge in [0.25, 0.3) is 0 Å². The Morgan fingerprint density at radius 2 is 1.94 bits per heavy atom. The average Bonchev–Trinajstić information content (AvgIpc) is 2.26. The van der Waals surface area contributed by atoms with Gasteiger partial charge in [0, 0.05) is 6.61 Å². The van der Waals surface area contributed by atoms with Crippen molar-refractivity contribution in [3.05, 3.63) is 10.2 Å². The second kappa shape index (κ2) is 9.34. The lowest BCUT2D eigenvalue weighted by Crippen LogP contribution is -2.34. The average molecular weight is 354 g/mol. The second-order valence-electron chi connectivity index (χ2n) is 4.99. The van der Waals surface area contributed by atoms with Crippen molar-refractivity contribution in [3.63, 3.8) is 0 Å². The van der Waals surface area contributed by atoms with Crippen molar-refractivity contribution >= 4 is 22.6 Å². The van der Waals surface area contributed by atoms with Crippen molar-refractivity contribution in [2.75, 3.05) is 6.61 Å². The molecular weight excluding hydrogens is 327 g/mol. The lowest BCUT2D eigenvalue weighted by molar-refractivity contribution is -0.169. The van der Waals surface area contributed by atoms with Crippen LogP contribution in [-0.4, -0.2) is 19.0 Å². The fourth-order valence-electron chi connectivity index (χ4n) is 1.81. The summed E-state index contributed by atoms with van der Waals surface area (Å²) in [6, 6.07) is 0. The van der Waals surface area contributed by atoms with E-state index in [0.29, 0.717) is 6.61 Å². The fourth-order valence-corrected chi connectivity index (χ4v) is 2.19. The molecule has 0 saturated heterocycles. The third kappa shape index (κ3) is 7.42. The third-order valence-electron chi connectivity index (χ3n) is 2.93. The highest BCUT2D eigenvalue weighted by atomic mass is 127. The van der Waals surface area contributed by atoms with Crippen molar-refractivity contribution in [2.24, 2.45) is 5.41 Å². The fraction of sp³-hybridized carbons (Fsp3) is 0.857. The van der Waals surface area contributed by atoms with Gasteiger partial charge in [-0.05, 0) is 35.8 Å². The van der Waals surface area contributed by atoms with Gasteiger partial charge in [-0.25, -0.2) is 0 Å². The largest absolute Gasteiger partial charge is 0.353 e. The van der Waals surface area contributed by atoms with Crippen LogP contribution in [0, 0.1) is 5.41 Å². The van der Waals surface area contributed by atoms with Crippen LogP contribution in [0.25, 0.3) is 0 Å². The molecule has 0 aliphatic carbocycles. The number of rotatable bonds is 9. The Hall–Kier alpha value is 0.390. The minimum absolute atomic E-state index is 0.118. The predicted octanol–water partition coefficient (Wildman–Crippen LogP) is 4.92. The molecule has 2 atom stereocenters. The number of unbranched alkanes of at least 4 members (excludes halogenated alkanes) is 1. The number of halogens is 1. The van der Waals surface area contributed by atoms with Crippen LogP contribution in [0.3, 0.4) is 0 Å². The molecular formula is C14H27IO2. The van der Waals surface area contributed by atoms with Crippen LogP contribution in [0.15, 0.2) is 10.2 Å². The molecule has 0 bridgehead atoms. The van der Waals surface area contributed by atoms with Crippen molar-refractivity contribution in [1.29, 1.82) is 0 Å². The van der Waals surface area contributed by atoms with E-state index in [1.807, 2.05) is 17.9 Å². The first kappa shape index (κ1) is 17.4. The summed E-state index contributed by atoms with van der Waals surface area (Å²) in [5.41, 5.74) is 0.156. The van der Waals surface area contributed by atoms with Crippen LogP contribution in [0.2, 0.25) is 0 Å². The van der Waals surface area contributed by atoms with Crippen molar-refractivity contribution in [1.82, 2.24) is 0 Å². The molecule has 0 rings (SSSR count). The Morgan fingerprint density at radius 3 is 2.41 bits per heavy atom. The number of ether oxygens (including phenoxy) is 2. The minimum Gasteiger partial charge on any atom is -0.353 e. The Labute approximate surface area is 120 Å². The molecule has 0 aromatic rings. The molecule has 0 aromatic heterocycles. The minimum atomic E-state index is -0.140. The quantitative estimate of drug-likeness (QED) is 0.432. The molecule has 0 spiro atoms. The molecule has 0 aliphatic heterocycles. The maximum absolute atomic E-state index is 5.98. The van der Waals surface area contributed by atoms with Crippen LogP contribution < -0.4 is 0 Å². The van der Waals surface area contributed by atoms with Crippen LogP contribution in [0.5, 0.6) is 0 Å². The summed E-state index contributed by atoms with van der Waals surface area (Å²) in [6.07, 6.45) is 5.75. The first-order valence-corrected chi connectivity index (χ1v) is 7.76. The van der Waals surface area contributed by atoms with E-state index in [0.717, 1.165) is 0 Å². The van der Waals surface area contributed by atoms with E-state index in [9.17, 15) is 0 Å². The highest BCUT2D eigenvalue weighted by Crippen LogP contribution is 2.31. The van der Waals surface area contributed by atoms with Crippen LogP contribution in [0.1, 0.15) is 53.9 Å². The Bertz CT molecular complexity index is 214. The molecule has 0 amide bonds. The standard InChI is InChI=1S/C14H27IO2/c1-6-8-10-14(4,5)13(9-11-15)17-12(3)16-7-2/h9,11-13H,6-8,10H2,1-5H3/b11-9+. The van der Waals surface area contributed by atoms with E-state index < -0.39 is 0 Å². The Kier molecular flexibility index (Phi) is 9.55. The normalized spacial score (nSPS) is 16.4. The zero-order chi connectivity index (χ0) is 13.3. The van der Waals surface area contributed by atoms with Gasteiger partial charge in [-0.15, -0.1) is 0 Å². The van der Waals surface area contributed by atoms with E-state index in [4.69, 9.17) is 9.47 Å². The third-order valence-corrected chi connectivity index (χ3v) is 3.35. The molecule has 0 aliphatic rings. The van der Waals surface area contributed by atoms with Crippen molar-refractivity contribution in [2.45, 2.75) is 66.3 Å². The summed E-state index contributed by atoms with van der Waals surface area (Å²) in [7, 11) is 0. The molecule has 0 fully saturated rings. The Balaban J connectivity index is 4.48. The smallest absolute Gasteiger partial charge is 0.155 e. The zero-order valence-electron chi connectivity index (χ0n) is 11.8. The van der Waals surface area contributed by atoms with Crippen LogP contribution in [0.4, 0.5) is 0 Å². The van der Waals surface area contributed by atoms with Gasteiger partial charge in [0.1, 0.15) is 0 Å². The van der Waals surface area contributed by atoms with Crippen LogP contribution in [-0.2, 0) is 9.47 Å². The zero-order valence-corrected chi connectivity index (χ0v) is 14.0. The van der Waals surface area contributed by atoms with Gasteiger partial charge < -0.3 is 9.47 Å². The monoisotopic (exact) mass is 354 g/mol. The first-order valence-electron chi connectivity index (χ1n) is 6.51. The summed E-state index contributed by atoms with van der Waals surface area (Å²) in [6.45, 7) is 11.4. The number of hydrogen-bond acceptors (Lipinski definition) is 2. The van der Waals surface area contributed by atoms with Crippen LogP contribution >= 0.6 is 22.6 Å². The molecule has 3 heteroatoms. The van der Waals surface area contributed by atoms with Crippen molar-refractivity contribution in [3.8, 4) is 0 Å². The highest BCUT2D eigenvalue weighted by Gasteiger charge is 2.29. The van der Waals surface area contributed by atoms with Gasteiger partial charge in [-0.3, -0.25) is 0 Å². The molecule has 17 heavy (non-hydrogen) atoms. The lowest BCUT2D eigenvalue weighted by atomic mass is 9.81. The topological polar surface area (TPSA) is 18.5 Å². The molecule has 0 heterocycles. The van der Waals surface area contributed by atoms with Gasteiger partial charge in [-0.2, -0.15) is 0 Å². The van der Waals surface area contributed by atoms with Gasteiger partial charge in [-0.1, -0.05) is 56.2 Å². The maximum Gasteiger partial charge on any atom is 0.155 e. The highest BCUT2D eigenvalue weighted by molar-refractivity contribution is 14.1. The van der Waals surface area contributed by atoms with Gasteiger partial charge in [0.05, 0.1) is 6.10 Å². The first-order chi connectivity index (χ1) is 7.97. The summed E-state index contributed by atoms with van der Waals surface area (Å²) in [4.78, 5) is 0. The molecule has 0 aromatic carbocycles. The molecule has 0 radical (unpaired) electrons. The Morgan fingerprint density at radius 1 is 1.29 bits per heavy atom. The summed E-state index contributed by atoms with van der Waals surface area (Å²) in [5.74, 6) is 0. The van der Waals surface area contributed by atoms with E-state index in [1.54, 1.807) is 0 Å². The molecule has 102 valence electrons. The SMILES string of the molecule is CCCCC(C)(C)C(/C=C/I)OC(C)OCC. The van der Waals surface area contributed by atoms with E-state index in [1.165, 1.54) is 19.3 Å². The molecule has 2 nitrogen and oxygen atoms in total. The lowest BCUT2D eigenvalue weighted by Gasteiger charge is -2.34. The number of hydrogen-bond donors (Lipinski definition) is 0. The summed E-state index contributed by atoms with van der Waals surface area (Å²) < 4.78 is 13.5. The molecule has 0 saturated carbocycles. The summed E-state index contributed by atoms with van der Waals surface area (Å²) >= 11 is 2.25.